The fourth-order valence-electron chi connectivity index (χ4n) is 3.32. The molecule has 1 fully saturated rings. The predicted molar refractivity (Wildman–Crippen MR) is 79.3 cm³/mol. The first kappa shape index (κ1) is 11.7. The molecule has 0 aliphatic heterocycles. The van der Waals surface area contributed by atoms with Crippen molar-refractivity contribution < 1.29 is 0 Å². The summed E-state index contributed by atoms with van der Waals surface area (Å²) >= 11 is 0. The van der Waals surface area contributed by atoms with E-state index in [9.17, 15) is 0 Å². The van der Waals surface area contributed by atoms with Gasteiger partial charge in [-0.25, -0.2) is 4.98 Å². The van der Waals surface area contributed by atoms with E-state index in [4.69, 9.17) is 0 Å². The summed E-state index contributed by atoms with van der Waals surface area (Å²) in [5, 5.41) is 10.8. The molecule has 1 aromatic heterocycles. The third-order valence-electron chi connectivity index (χ3n) is 4.43. The molecular weight excluding hydrogens is 248 g/mol. The van der Waals surface area contributed by atoms with E-state index < -0.39 is 0 Å². The monoisotopic (exact) mass is 266 g/mol. The minimum absolute atomic E-state index is 0.586. The van der Waals surface area contributed by atoms with Gasteiger partial charge in [0.1, 0.15) is 5.82 Å². The van der Waals surface area contributed by atoms with E-state index in [1.807, 2.05) is 13.0 Å². The van der Waals surface area contributed by atoms with Crippen LogP contribution in [0.25, 0.3) is 11.4 Å². The maximum atomic E-state index is 4.38. The van der Waals surface area contributed by atoms with Gasteiger partial charge in [0.15, 0.2) is 5.82 Å². The van der Waals surface area contributed by atoms with Crippen molar-refractivity contribution in [1.82, 2.24) is 15.2 Å². The van der Waals surface area contributed by atoms with Crippen LogP contribution in [0.2, 0.25) is 0 Å². The van der Waals surface area contributed by atoms with Gasteiger partial charge in [-0.15, -0.1) is 0 Å². The van der Waals surface area contributed by atoms with E-state index >= 15 is 0 Å². The van der Waals surface area contributed by atoms with Crippen LogP contribution in [0, 0.1) is 18.8 Å². The second kappa shape index (κ2) is 4.47. The lowest BCUT2D eigenvalue weighted by atomic mass is 9.71. The Bertz CT molecular complexity index is 658. The molecule has 1 saturated carbocycles. The number of aryl methyl sites for hydroxylation is 1. The Morgan fingerprint density at radius 2 is 2.30 bits per heavy atom. The van der Waals surface area contributed by atoms with Gasteiger partial charge >= 0.3 is 0 Å². The molecule has 102 valence electrons. The fourth-order valence-corrected chi connectivity index (χ4v) is 3.32. The van der Waals surface area contributed by atoms with Crippen molar-refractivity contribution >= 4 is 5.69 Å². The standard InChI is InChI=1S/C16H18N4/c1-10-17-16(20-19-10)12-5-2-6-13(8-12)18-15-9-11-4-3-7-14(11)15/h2-3,5-8,11,14-15,18H,4,9H2,1H3,(H,17,19,20). The molecule has 4 rings (SSSR count). The number of hydrogen-bond donors (Lipinski definition) is 2. The Morgan fingerprint density at radius 1 is 1.35 bits per heavy atom. The van der Waals surface area contributed by atoms with E-state index in [0.29, 0.717) is 6.04 Å². The lowest BCUT2D eigenvalue weighted by Gasteiger charge is -2.41. The second-order valence-corrected chi connectivity index (χ2v) is 5.81. The number of aromatic amines is 1. The highest BCUT2D eigenvalue weighted by molar-refractivity contribution is 5.62. The third-order valence-corrected chi connectivity index (χ3v) is 4.43. The van der Waals surface area contributed by atoms with E-state index in [1.54, 1.807) is 0 Å². The molecule has 2 N–H and O–H groups in total. The zero-order chi connectivity index (χ0) is 13.5. The highest BCUT2D eigenvalue weighted by Gasteiger charge is 2.40. The quantitative estimate of drug-likeness (QED) is 0.839. The predicted octanol–water partition coefficient (Wildman–Crippen LogP) is 3.16. The van der Waals surface area contributed by atoms with Crippen LogP contribution in [-0.2, 0) is 0 Å². The Morgan fingerprint density at radius 3 is 3.10 bits per heavy atom. The van der Waals surface area contributed by atoms with Crippen LogP contribution < -0.4 is 5.32 Å². The average Bonchev–Trinajstić information content (AvgIpc) is 3.03. The summed E-state index contributed by atoms with van der Waals surface area (Å²) in [5.41, 5.74) is 2.21. The molecule has 1 aromatic carbocycles. The summed E-state index contributed by atoms with van der Waals surface area (Å²) in [6.07, 6.45) is 7.24. The number of benzene rings is 1. The number of rotatable bonds is 3. The third kappa shape index (κ3) is 1.92. The molecule has 3 atom stereocenters. The van der Waals surface area contributed by atoms with Gasteiger partial charge in [-0.05, 0) is 37.8 Å². The molecular formula is C16H18N4. The molecule has 1 heterocycles. The molecule has 2 aromatic rings. The lowest BCUT2D eigenvalue weighted by Crippen LogP contribution is -2.43. The number of nitrogens with one attached hydrogen (secondary N) is 2. The summed E-state index contributed by atoms with van der Waals surface area (Å²) < 4.78 is 0. The molecule has 0 bridgehead atoms. The molecule has 0 saturated heterocycles. The number of hydrogen-bond acceptors (Lipinski definition) is 3. The Kier molecular flexibility index (Phi) is 2.62. The number of anilines is 1. The van der Waals surface area contributed by atoms with Gasteiger partial charge in [0.25, 0.3) is 0 Å². The minimum atomic E-state index is 0.586. The molecule has 0 spiro atoms. The number of aromatic nitrogens is 3. The van der Waals surface area contributed by atoms with Crippen molar-refractivity contribution in [3.63, 3.8) is 0 Å². The second-order valence-electron chi connectivity index (χ2n) is 5.81. The van der Waals surface area contributed by atoms with Crippen molar-refractivity contribution in [3.8, 4) is 11.4 Å². The molecule has 4 nitrogen and oxygen atoms in total. The van der Waals surface area contributed by atoms with Crippen LogP contribution in [-0.4, -0.2) is 21.2 Å². The number of nitrogens with zero attached hydrogens (tertiary/aromatic N) is 2. The van der Waals surface area contributed by atoms with Gasteiger partial charge in [-0.3, -0.25) is 5.10 Å². The molecule has 3 unspecified atom stereocenters. The molecule has 0 radical (unpaired) electrons. The van der Waals surface area contributed by atoms with Gasteiger partial charge < -0.3 is 5.32 Å². The maximum Gasteiger partial charge on any atom is 0.181 e. The lowest BCUT2D eigenvalue weighted by molar-refractivity contribution is 0.218. The van der Waals surface area contributed by atoms with Gasteiger partial charge in [0.05, 0.1) is 0 Å². The maximum absolute atomic E-state index is 4.38. The Labute approximate surface area is 118 Å². The molecule has 2 aliphatic carbocycles. The highest BCUT2D eigenvalue weighted by Crippen LogP contribution is 2.44. The largest absolute Gasteiger partial charge is 0.382 e. The Balaban J connectivity index is 1.53. The van der Waals surface area contributed by atoms with E-state index in [0.717, 1.165) is 34.7 Å². The van der Waals surface area contributed by atoms with E-state index in [-0.39, 0.29) is 0 Å². The number of allylic oxidation sites excluding steroid dienone is 1. The summed E-state index contributed by atoms with van der Waals surface area (Å²) in [6, 6.07) is 8.95. The SMILES string of the molecule is Cc1nc(-c2cccc(NC3CC4CC=CC43)c2)n[nH]1. The van der Waals surface area contributed by atoms with Gasteiger partial charge in [0.2, 0.25) is 0 Å². The van der Waals surface area contributed by atoms with E-state index in [1.165, 1.54) is 12.8 Å². The molecule has 4 heteroatoms. The van der Waals surface area contributed by atoms with Crippen LogP contribution in [0.5, 0.6) is 0 Å². The summed E-state index contributed by atoms with van der Waals surface area (Å²) in [4.78, 5) is 4.38. The smallest absolute Gasteiger partial charge is 0.181 e. The van der Waals surface area contributed by atoms with Crippen molar-refractivity contribution in [2.75, 3.05) is 5.32 Å². The zero-order valence-corrected chi connectivity index (χ0v) is 11.5. The fraction of sp³-hybridized carbons (Fsp3) is 0.375. The van der Waals surface area contributed by atoms with Gasteiger partial charge in [-0.1, -0.05) is 24.3 Å². The summed E-state index contributed by atoms with van der Waals surface area (Å²) in [5.74, 6) is 3.21. The normalized spacial score (nSPS) is 27.1. The molecule has 0 amide bonds. The summed E-state index contributed by atoms with van der Waals surface area (Å²) in [7, 11) is 0. The number of H-pyrrole nitrogens is 1. The summed E-state index contributed by atoms with van der Waals surface area (Å²) in [6.45, 7) is 1.92. The van der Waals surface area contributed by atoms with Gasteiger partial charge in [-0.2, -0.15) is 5.10 Å². The first-order valence-corrected chi connectivity index (χ1v) is 7.22. The molecule has 20 heavy (non-hydrogen) atoms. The first-order chi connectivity index (χ1) is 9.79. The zero-order valence-electron chi connectivity index (χ0n) is 11.5. The van der Waals surface area contributed by atoms with Crippen LogP contribution in [0.1, 0.15) is 18.7 Å². The Hall–Kier alpha value is -2.10. The van der Waals surface area contributed by atoms with Crippen LogP contribution >= 0.6 is 0 Å². The topological polar surface area (TPSA) is 53.6 Å². The van der Waals surface area contributed by atoms with Crippen molar-refractivity contribution in [3.05, 3.63) is 42.2 Å². The average molecular weight is 266 g/mol. The van der Waals surface area contributed by atoms with Crippen LogP contribution in [0.15, 0.2) is 36.4 Å². The van der Waals surface area contributed by atoms with Crippen LogP contribution in [0.3, 0.4) is 0 Å². The van der Waals surface area contributed by atoms with E-state index in [2.05, 4.69) is 50.8 Å². The number of fused-ring (bicyclic) bond motifs is 1. The minimum Gasteiger partial charge on any atom is -0.382 e. The van der Waals surface area contributed by atoms with Crippen molar-refractivity contribution in [2.45, 2.75) is 25.8 Å². The van der Waals surface area contributed by atoms with Gasteiger partial charge in [0, 0.05) is 23.2 Å². The highest BCUT2D eigenvalue weighted by atomic mass is 15.2. The van der Waals surface area contributed by atoms with Crippen molar-refractivity contribution in [2.24, 2.45) is 11.8 Å². The van der Waals surface area contributed by atoms with Crippen molar-refractivity contribution in [1.29, 1.82) is 0 Å². The molecule has 2 aliphatic rings. The van der Waals surface area contributed by atoms with Crippen LogP contribution in [0.4, 0.5) is 5.69 Å². The first-order valence-electron chi connectivity index (χ1n) is 7.22.